The van der Waals surface area contributed by atoms with Crippen LogP contribution in [0.25, 0.3) is 39.2 Å². The van der Waals surface area contributed by atoms with E-state index in [9.17, 15) is 18.0 Å². The average Bonchev–Trinajstić information content (AvgIpc) is 3.21. The maximum atomic E-state index is 13.8. The largest absolute Gasteiger partial charge is 0.433 e. The molecule has 9 heteroatoms. The normalized spacial score (nSPS) is 11.8. The fourth-order valence-electron chi connectivity index (χ4n) is 3.66. The lowest BCUT2D eigenvalue weighted by Gasteiger charge is -2.08. The smallest absolute Gasteiger partial charge is 0.284 e. The van der Waals surface area contributed by atoms with Gasteiger partial charge in [-0.3, -0.25) is 14.9 Å². The number of aromatic amines is 1. The van der Waals surface area contributed by atoms with E-state index in [-0.39, 0.29) is 22.5 Å². The molecule has 0 unspecified atom stereocenters. The highest BCUT2D eigenvalue weighted by atomic mass is 35.5. The summed E-state index contributed by atoms with van der Waals surface area (Å²) in [6.45, 7) is 0. The Balaban J connectivity index is 1.69. The third kappa shape index (κ3) is 3.89. The highest BCUT2D eigenvalue weighted by Gasteiger charge is 2.38. The van der Waals surface area contributed by atoms with Crippen LogP contribution >= 0.6 is 11.6 Å². The molecule has 0 atom stereocenters. The number of pyridine rings is 1. The van der Waals surface area contributed by atoms with Crippen LogP contribution in [0.1, 0.15) is 5.69 Å². The minimum atomic E-state index is -4.72. The third-order valence-corrected chi connectivity index (χ3v) is 5.48. The van der Waals surface area contributed by atoms with Crippen LogP contribution in [0.3, 0.4) is 0 Å². The number of hydrogen-bond donors (Lipinski definition) is 1. The Bertz CT molecular complexity index is 1510. The van der Waals surface area contributed by atoms with Crippen LogP contribution in [-0.4, -0.2) is 19.6 Å². The van der Waals surface area contributed by atoms with Crippen LogP contribution in [0, 0.1) is 0 Å². The number of rotatable bonds is 3. The first-order valence-electron chi connectivity index (χ1n) is 9.81. The van der Waals surface area contributed by atoms with Crippen LogP contribution < -0.4 is 5.56 Å². The number of benzene rings is 2. The molecule has 0 amide bonds. The van der Waals surface area contributed by atoms with Gasteiger partial charge in [0.15, 0.2) is 5.65 Å². The summed E-state index contributed by atoms with van der Waals surface area (Å²) in [6, 6.07) is 18.1. The molecule has 0 fully saturated rings. The van der Waals surface area contributed by atoms with Gasteiger partial charge in [0.2, 0.25) is 0 Å². The molecule has 5 aromatic rings. The molecule has 0 saturated heterocycles. The molecule has 0 radical (unpaired) electrons. The van der Waals surface area contributed by atoms with Gasteiger partial charge in [-0.1, -0.05) is 48.0 Å². The third-order valence-electron chi connectivity index (χ3n) is 5.23. The Labute approximate surface area is 190 Å². The fraction of sp³-hybridized carbons (Fsp3) is 0.0417. The van der Waals surface area contributed by atoms with Gasteiger partial charge in [-0.2, -0.15) is 13.2 Å². The van der Waals surface area contributed by atoms with Crippen LogP contribution in [0.15, 0.2) is 83.9 Å². The first-order chi connectivity index (χ1) is 15.8. The molecule has 0 aliphatic carbocycles. The van der Waals surface area contributed by atoms with Crippen molar-refractivity contribution in [2.75, 3.05) is 0 Å². The van der Waals surface area contributed by atoms with Gasteiger partial charge in [-0.05, 0) is 41.0 Å². The summed E-state index contributed by atoms with van der Waals surface area (Å²) in [7, 11) is 0. The number of halogens is 4. The first kappa shape index (κ1) is 21.0. The lowest BCUT2D eigenvalue weighted by Crippen LogP contribution is -2.15. The maximum absolute atomic E-state index is 13.8. The lowest BCUT2D eigenvalue weighted by molar-refractivity contribution is -0.140. The molecule has 1 N–H and O–H groups in total. The highest BCUT2D eigenvalue weighted by molar-refractivity contribution is 6.30. The SMILES string of the molecule is O=c1cc(-c2ccc(-c3ccncc3)cc2)nc2c(-c3ccc(Cl)cc3)c(C(F)(F)F)[nH]n12. The van der Waals surface area contributed by atoms with Crippen LogP contribution in [0.4, 0.5) is 13.2 Å². The Morgan fingerprint density at radius 3 is 2.03 bits per heavy atom. The van der Waals surface area contributed by atoms with E-state index in [0.717, 1.165) is 15.6 Å². The highest BCUT2D eigenvalue weighted by Crippen LogP contribution is 2.38. The quantitative estimate of drug-likeness (QED) is 0.350. The fourth-order valence-corrected chi connectivity index (χ4v) is 3.78. The molecule has 0 aliphatic rings. The van der Waals surface area contributed by atoms with Crippen LogP contribution in [0.5, 0.6) is 0 Å². The standard InChI is InChI=1S/C24H14ClF3N4O/c25-18-7-5-17(6-8-18)21-22(24(26,27)28)31-32-20(33)13-19(30-23(21)32)16-3-1-14(2-4-16)15-9-11-29-12-10-15/h1-13,31H. The van der Waals surface area contributed by atoms with Gasteiger partial charge in [0.05, 0.1) is 11.3 Å². The van der Waals surface area contributed by atoms with Gasteiger partial charge in [0.1, 0.15) is 5.69 Å². The Hall–Kier alpha value is -3.91. The average molecular weight is 467 g/mol. The number of nitrogens with one attached hydrogen (secondary N) is 1. The molecule has 0 aliphatic heterocycles. The van der Waals surface area contributed by atoms with E-state index in [0.29, 0.717) is 10.6 Å². The van der Waals surface area contributed by atoms with Gasteiger partial charge in [0, 0.05) is 29.0 Å². The van der Waals surface area contributed by atoms with E-state index in [1.165, 1.54) is 30.3 Å². The monoisotopic (exact) mass is 466 g/mol. The topological polar surface area (TPSA) is 63.0 Å². The molecule has 164 valence electrons. The molecular weight excluding hydrogens is 453 g/mol. The van der Waals surface area contributed by atoms with Crippen molar-refractivity contribution < 1.29 is 13.2 Å². The zero-order valence-corrected chi connectivity index (χ0v) is 17.5. The molecule has 0 spiro atoms. The Morgan fingerprint density at radius 1 is 0.818 bits per heavy atom. The molecule has 2 aromatic carbocycles. The van der Waals surface area contributed by atoms with E-state index >= 15 is 0 Å². The molecule has 0 bridgehead atoms. The van der Waals surface area contributed by atoms with Crippen molar-refractivity contribution in [3.8, 4) is 33.5 Å². The number of nitrogens with zero attached hydrogens (tertiary/aromatic N) is 3. The summed E-state index contributed by atoms with van der Waals surface area (Å²) in [5.41, 5.74) is 0.957. The maximum Gasteiger partial charge on any atom is 0.433 e. The predicted octanol–water partition coefficient (Wildman–Crippen LogP) is 6.09. The number of aromatic nitrogens is 4. The Morgan fingerprint density at radius 2 is 1.39 bits per heavy atom. The molecular formula is C24H14ClF3N4O. The predicted molar refractivity (Wildman–Crippen MR) is 120 cm³/mol. The van der Waals surface area contributed by atoms with Crippen molar-refractivity contribution in [1.82, 2.24) is 19.6 Å². The molecule has 0 saturated carbocycles. The van der Waals surface area contributed by atoms with Gasteiger partial charge in [0.25, 0.3) is 5.56 Å². The summed E-state index contributed by atoms with van der Waals surface area (Å²) in [5.74, 6) is 0. The number of hydrogen-bond acceptors (Lipinski definition) is 3. The van der Waals surface area contributed by atoms with Crippen LogP contribution in [-0.2, 0) is 6.18 Å². The zero-order valence-electron chi connectivity index (χ0n) is 16.8. The second-order valence-electron chi connectivity index (χ2n) is 7.32. The summed E-state index contributed by atoms with van der Waals surface area (Å²) in [4.78, 5) is 21.2. The molecule has 5 nitrogen and oxygen atoms in total. The summed E-state index contributed by atoms with van der Waals surface area (Å²) >= 11 is 5.90. The van der Waals surface area contributed by atoms with Gasteiger partial charge >= 0.3 is 6.18 Å². The second-order valence-corrected chi connectivity index (χ2v) is 7.75. The molecule has 5 rings (SSSR count). The second kappa shape index (κ2) is 7.90. The van der Waals surface area contributed by atoms with E-state index in [1.807, 2.05) is 24.3 Å². The van der Waals surface area contributed by atoms with Crippen molar-refractivity contribution in [3.63, 3.8) is 0 Å². The molecule has 3 heterocycles. The van der Waals surface area contributed by atoms with Crippen molar-refractivity contribution in [2.45, 2.75) is 6.18 Å². The Kier molecular flexibility index (Phi) is 5.02. The van der Waals surface area contributed by atoms with Crippen molar-refractivity contribution in [3.05, 3.63) is 100 Å². The molecule has 3 aromatic heterocycles. The van der Waals surface area contributed by atoms with Gasteiger partial charge in [-0.25, -0.2) is 9.50 Å². The minimum absolute atomic E-state index is 0.120. The van der Waals surface area contributed by atoms with E-state index in [1.54, 1.807) is 24.5 Å². The number of H-pyrrole nitrogens is 1. The van der Waals surface area contributed by atoms with Crippen molar-refractivity contribution in [2.24, 2.45) is 0 Å². The number of alkyl halides is 3. The first-order valence-corrected chi connectivity index (χ1v) is 10.2. The minimum Gasteiger partial charge on any atom is -0.284 e. The summed E-state index contributed by atoms with van der Waals surface area (Å²) < 4.78 is 42.2. The summed E-state index contributed by atoms with van der Waals surface area (Å²) in [5, 5.41) is 2.55. The van der Waals surface area contributed by atoms with Gasteiger partial charge in [-0.15, -0.1) is 0 Å². The van der Waals surface area contributed by atoms with Crippen LogP contribution in [0.2, 0.25) is 5.02 Å². The zero-order chi connectivity index (χ0) is 23.2. The van der Waals surface area contributed by atoms with E-state index < -0.39 is 17.4 Å². The van der Waals surface area contributed by atoms with Crippen molar-refractivity contribution >= 4 is 17.2 Å². The lowest BCUT2D eigenvalue weighted by atomic mass is 10.0. The van der Waals surface area contributed by atoms with Gasteiger partial charge < -0.3 is 0 Å². The molecule has 33 heavy (non-hydrogen) atoms. The van der Waals surface area contributed by atoms with Crippen molar-refractivity contribution in [1.29, 1.82) is 0 Å². The summed E-state index contributed by atoms with van der Waals surface area (Å²) in [6.07, 6.45) is -1.36. The van der Waals surface area contributed by atoms with E-state index in [2.05, 4.69) is 15.1 Å². The number of fused-ring (bicyclic) bond motifs is 1. The van der Waals surface area contributed by atoms with E-state index in [4.69, 9.17) is 11.6 Å².